The van der Waals surface area contributed by atoms with E-state index >= 15 is 0 Å². The van der Waals surface area contributed by atoms with E-state index in [4.69, 9.17) is 14.6 Å². The number of nitrogens with one attached hydrogen (secondary N) is 1. The first-order valence-electron chi connectivity index (χ1n) is 8.71. The molecule has 1 amide bonds. The molecule has 31 heavy (non-hydrogen) atoms. The van der Waals surface area contributed by atoms with Gasteiger partial charge >= 0.3 is 12.1 Å². The fraction of sp³-hybridized carbons (Fsp3) is 0.211. The summed E-state index contributed by atoms with van der Waals surface area (Å²) >= 11 is 0. The van der Waals surface area contributed by atoms with Gasteiger partial charge in [-0.1, -0.05) is 0 Å². The maximum absolute atomic E-state index is 13.1. The summed E-state index contributed by atoms with van der Waals surface area (Å²) in [7, 11) is 1.54. The summed E-state index contributed by atoms with van der Waals surface area (Å²) in [6, 6.07) is 8.00. The number of pyridine rings is 1. The van der Waals surface area contributed by atoms with Crippen LogP contribution in [0.1, 0.15) is 29.1 Å². The van der Waals surface area contributed by atoms with Crippen molar-refractivity contribution in [3.8, 4) is 11.6 Å². The first kappa shape index (κ1) is 21.7. The number of hydrogen-bond donors (Lipinski definition) is 2. The molecule has 0 bridgehead atoms. The van der Waals surface area contributed by atoms with E-state index in [-0.39, 0.29) is 17.3 Å². The molecule has 1 aliphatic rings. The van der Waals surface area contributed by atoms with Crippen molar-refractivity contribution in [3.05, 3.63) is 58.3 Å². The average molecular weight is 436 g/mol. The zero-order valence-corrected chi connectivity index (χ0v) is 16.1. The molecule has 1 aromatic carbocycles. The Morgan fingerprint density at radius 1 is 1.26 bits per heavy atom. The number of hydrogen-bond acceptors (Lipinski definition) is 6. The third-order valence-corrected chi connectivity index (χ3v) is 4.32. The molecule has 0 fully saturated rings. The van der Waals surface area contributed by atoms with Crippen LogP contribution in [0.25, 0.3) is 16.7 Å². The van der Waals surface area contributed by atoms with Gasteiger partial charge in [-0.15, -0.1) is 0 Å². The van der Waals surface area contributed by atoms with Crippen LogP contribution in [0.2, 0.25) is 0 Å². The Morgan fingerprint density at radius 2 is 1.94 bits per heavy atom. The number of aromatic nitrogens is 3. The van der Waals surface area contributed by atoms with Crippen LogP contribution >= 0.6 is 0 Å². The molecule has 4 rings (SSSR count). The molecular formula is C19H15F3N4O5. The van der Waals surface area contributed by atoms with Crippen LogP contribution in [0.4, 0.5) is 13.2 Å². The zero-order chi connectivity index (χ0) is 22.9. The van der Waals surface area contributed by atoms with E-state index in [2.05, 4.69) is 15.3 Å². The molecule has 0 radical (unpaired) electrons. The van der Waals surface area contributed by atoms with Crippen molar-refractivity contribution in [2.75, 3.05) is 7.11 Å². The molecule has 0 spiro atoms. The third-order valence-electron chi connectivity index (χ3n) is 4.32. The molecule has 3 heterocycles. The number of aliphatic carboxylic acids is 1. The summed E-state index contributed by atoms with van der Waals surface area (Å²) in [5.41, 5.74) is 0.610. The van der Waals surface area contributed by atoms with Gasteiger partial charge in [0.2, 0.25) is 0 Å². The van der Waals surface area contributed by atoms with Crippen molar-refractivity contribution >= 4 is 22.8 Å². The molecular weight excluding hydrogens is 421 g/mol. The first-order chi connectivity index (χ1) is 14.5. The van der Waals surface area contributed by atoms with Gasteiger partial charge in [-0.05, 0) is 37.3 Å². The van der Waals surface area contributed by atoms with E-state index in [0.29, 0.717) is 28.0 Å². The van der Waals surface area contributed by atoms with E-state index in [1.165, 1.54) is 11.7 Å². The monoisotopic (exact) mass is 436 g/mol. The molecule has 2 N–H and O–H groups in total. The first-order valence-corrected chi connectivity index (χ1v) is 8.71. The second-order valence-corrected chi connectivity index (χ2v) is 6.37. The van der Waals surface area contributed by atoms with E-state index in [9.17, 15) is 22.8 Å². The molecule has 0 saturated heterocycles. The van der Waals surface area contributed by atoms with Crippen LogP contribution in [0.3, 0.4) is 0 Å². The number of alkyl halides is 3. The molecule has 1 aliphatic heterocycles. The number of carboxylic acids is 1. The zero-order valence-electron chi connectivity index (χ0n) is 16.1. The van der Waals surface area contributed by atoms with E-state index < -0.39 is 18.2 Å². The molecule has 0 saturated carbocycles. The van der Waals surface area contributed by atoms with E-state index in [1.54, 1.807) is 43.5 Å². The molecule has 12 heteroatoms. The van der Waals surface area contributed by atoms with Crippen molar-refractivity contribution in [2.45, 2.75) is 19.1 Å². The maximum atomic E-state index is 13.1. The van der Waals surface area contributed by atoms with Crippen molar-refractivity contribution in [1.29, 1.82) is 0 Å². The summed E-state index contributed by atoms with van der Waals surface area (Å²) in [5.74, 6) is -1.73. The largest absolute Gasteiger partial charge is 0.497 e. The quantitative estimate of drug-likeness (QED) is 0.600. The van der Waals surface area contributed by atoms with Gasteiger partial charge in [0.15, 0.2) is 5.82 Å². The van der Waals surface area contributed by atoms with Crippen molar-refractivity contribution in [2.24, 2.45) is 0 Å². The Kier molecular flexibility index (Phi) is 5.64. The number of fused-ring (bicyclic) bond motifs is 4. The second kappa shape index (κ2) is 8.05. The number of carboxylic acid groups (broad SMARTS) is 1. The van der Waals surface area contributed by atoms with Gasteiger partial charge in [0.1, 0.15) is 11.6 Å². The van der Waals surface area contributed by atoms with Gasteiger partial charge in [-0.2, -0.15) is 13.2 Å². The Labute approximate surface area is 172 Å². The van der Waals surface area contributed by atoms with Crippen molar-refractivity contribution in [1.82, 2.24) is 19.9 Å². The number of amides is 1. The van der Waals surface area contributed by atoms with Gasteiger partial charge < -0.3 is 15.2 Å². The van der Waals surface area contributed by atoms with E-state index in [1.807, 2.05) is 0 Å². The fourth-order valence-corrected chi connectivity index (χ4v) is 2.90. The Bertz CT molecular complexity index is 1240. The summed E-state index contributed by atoms with van der Waals surface area (Å²) in [6.07, 6.45) is -3.53. The Hall–Kier alpha value is -3.96. The number of rotatable bonds is 1. The molecule has 1 unspecified atom stereocenters. The third kappa shape index (κ3) is 4.17. The van der Waals surface area contributed by atoms with Gasteiger partial charge in [0.05, 0.1) is 29.6 Å². The van der Waals surface area contributed by atoms with Gasteiger partial charge in [-0.25, -0.2) is 19.3 Å². The normalized spacial score (nSPS) is 15.0. The molecule has 3 aromatic rings. The lowest BCUT2D eigenvalue weighted by Gasteiger charge is -2.15. The summed E-state index contributed by atoms with van der Waals surface area (Å²) in [6.45, 7) is 1.79. The number of halogens is 3. The summed E-state index contributed by atoms with van der Waals surface area (Å²) < 4.78 is 38.3. The van der Waals surface area contributed by atoms with Gasteiger partial charge in [0, 0.05) is 6.20 Å². The molecule has 162 valence electrons. The predicted octanol–water partition coefficient (Wildman–Crippen LogP) is 2.23. The Morgan fingerprint density at radius 3 is 2.55 bits per heavy atom. The van der Waals surface area contributed by atoms with Crippen LogP contribution in [-0.2, 0) is 4.79 Å². The van der Waals surface area contributed by atoms with Gasteiger partial charge in [-0.3, -0.25) is 9.59 Å². The highest BCUT2D eigenvalue weighted by Gasteiger charge is 2.38. The minimum Gasteiger partial charge on any atom is -0.497 e. The minimum atomic E-state index is -5.08. The van der Waals surface area contributed by atoms with Crippen LogP contribution in [-0.4, -0.2) is 44.8 Å². The highest BCUT2D eigenvalue weighted by Crippen LogP contribution is 2.24. The van der Waals surface area contributed by atoms with Crippen LogP contribution in [0.5, 0.6) is 5.75 Å². The van der Waals surface area contributed by atoms with Crippen LogP contribution in [0.15, 0.2) is 41.3 Å². The predicted molar refractivity (Wildman–Crippen MR) is 101 cm³/mol. The molecule has 9 nitrogen and oxygen atoms in total. The lowest BCUT2D eigenvalue weighted by Crippen LogP contribution is -2.28. The second-order valence-electron chi connectivity index (χ2n) is 6.37. The standard InChI is InChI=1S/C17H14N4O3.C2HF3O2/c1-9-14-20-13-6-5-10(24-2)8-12(13)17(23)21(14)15-11(16(22)19-9)4-3-7-18-15;3-2(4,5)1(6)7/h3-9H,1-2H3,(H,19,22);(H,6,7). The number of ether oxygens (including phenoxy) is 1. The smallest absolute Gasteiger partial charge is 0.490 e. The molecule has 2 aromatic heterocycles. The van der Waals surface area contributed by atoms with Crippen LogP contribution in [0, 0.1) is 0 Å². The topological polar surface area (TPSA) is 123 Å². The molecule has 0 aliphatic carbocycles. The van der Waals surface area contributed by atoms with Crippen molar-refractivity contribution in [3.63, 3.8) is 0 Å². The van der Waals surface area contributed by atoms with Crippen LogP contribution < -0.4 is 15.6 Å². The highest BCUT2D eigenvalue weighted by atomic mass is 19.4. The molecule has 1 atom stereocenters. The van der Waals surface area contributed by atoms with Crippen molar-refractivity contribution < 1.29 is 32.6 Å². The Balaban J connectivity index is 0.000000339. The highest BCUT2D eigenvalue weighted by molar-refractivity contribution is 5.98. The number of nitrogens with zero attached hydrogens (tertiary/aromatic N) is 3. The average Bonchev–Trinajstić information content (AvgIpc) is 2.83. The lowest BCUT2D eigenvalue weighted by atomic mass is 10.2. The maximum Gasteiger partial charge on any atom is 0.490 e. The number of benzene rings is 1. The van der Waals surface area contributed by atoms with E-state index in [0.717, 1.165) is 0 Å². The summed E-state index contributed by atoms with van der Waals surface area (Å²) in [5, 5.41) is 10.4. The number of methoxy groups -OCH3 is 1. The van der Waals surface area contributed by atoms with Gasteiger partial charge in [0.25, 0.3) is 11.5 Å². The summed E-state index contributed by atoms with van der Waals surface area (Å²) in [4.78, 5) is 43.2. The minimum absolute atomic E-state index is 0.280. The number of carbonyl (C=O) groups is 2. The fourth-order valence-electron chi connectivity index (χ4n) is 2.90. The number of carbonyl (C=O) groups excluding carboxylic acids is 1. The SMILES string of the molecule is COc1ccc2nc3n(c(=O)c2c1)-c1ncccc1C(=O)NC3C.O=C(O)C(F)(F)F. The lowest BCUT2D eigenvalue weighted by molar-refractivity contribution is -0.192.